The van der Waals surface area contributed by atoms with E-state index in [-0.39, 0.29) is 30.2 Å². The van der Waals surface area contributed by atoms with Crippen LogP contribution in [0.15, 0.2) is 36.4 Å². The second kappa shape index (κ2) is 8.50. The molecule has 4 heteroatoms. The highest BCUT2D eigenvalue weighted by molar-refractivity contribution is 5.84. The molecule has 0 unspecified atom stereocenters. The highest BCUT2D eigenvalue weighted by Gasteiger charge is 2.49. The van der Waals surface area contributed by atoms with Crippen molar-refractivity contribution in [1.29, 1.82) is 0 Å². The van der Waals surface area contributed by atoms with Gasteiger partial charge < -0.3 is 9.47 Å². The Morgan fingerprint density at radius 3 is 2.32 bits per heavy atom. The maximum absolute atomic E-state index is 12.8. The van der Waals surface area contributed by atoms with E-state index in [1.54, 1.807) is 0 Å². The van der Waals surface area contributed by atoms with Crippen LogP contribution in [-0.4, -0.2) is 24.6 Å². The van der Waals surface area contributed by atoms with Gasteiger partial charge >= 0.3 is 11.9 Å². The summed E-state index contributed by atoms with van der Waals surface area (Å²) in [7, 11) is 1.39. The summed E-state index contributed by atoms with van der Waals surface area (Å²) in [6.07, 6.45) is 1.99. The quantitative estimate of drug-likeness (QED) is 0.506. The van der Waals surface area contributed by atoms with Gasteiger partial charge in [-0.05, 0) is 71.3 Å². The Balaban J connectivity index is 2.38. The lowest BCUT2D eigenvalue weighted by Crippen LogP contribution is -2.42. The lowest BCUT2D eigenvalue weighted by atomic mass is 9.60. The van der Waals surface area contributed by atoms with Crippen molar-refractivity contribution >= 4 is 11.9 Å². The van der Waals surface area contributed by atoms with Gasteiger partial charge in [-0.3, -0.25) is 9.59 Å². The number of rotatable bonds is 5. The fourth-order valence-electron chi connectivity index (χ4n) is 4.34. The van der Waals surface area contributed by atoms with Crippen molar-refractivity contribution in [3.8, 4) is 0 Å². The van der Waals surface area contributed by atoms with Crippen molar-refractivity contribution in [3.05, 3.63) is 47.5 Å². The van der Waals surface area contributed by atoms with Crippen LogP contribution in [0.5, 0.6) is 0 Å². The zero-order valence-corrected chi connectivity index (χ0v) is 18.1. The van der Waals surface area contributed by atoms with Crippen LogP contribution in [0, 0.1) is 18.3 Å². The fraction of sp³-hybridized carbons (Fsp3) is 0.583. The standard InChI is InChI=1S/C24H34O4/c1-16(2)19-12-13-24(22(26)27-7,15-21(25)28-23(4,5)6)14-20(19)18-10-8-17(3)9-11-18/h8-11,19-20H,1,12-15H2,2-7H3/t19-,20-,24-/m0/s1. The first kappa shape index (κ1) is 22.2. The maximum Gasteiger partial charge on any atom is 0.312 e. The van der Waals surface area contributed by atoms with Crippen LogP contribution in [0.25, 0.3) is 0 Å². The number of methoxy groups -OCH3 is 1. The molecule has 2 rings (SSSR count). The summed E-state index contributed by atoms with van der Waals surface area (Å²) in [6, 6.07) is 8.42. The number of esters is 2. The predicted molar refractivity (Wildman–Crippen MR) is 111 cm³/mol. The zero-order chi connectivity index (χ0) is 21.1. The Hall–Kier alpha value is -2.10. The average molecular weight is 387 g/mol. The van der Waals surface area contributed by atoms with Gasteiger partial charge in [-0.2, -0.15) is 0 Å². The van der Waals surface area contributed by atoms with Crippen molar-refractivity contribution in [2.45, 2.75) is 71.8 Å². The number of benzene rings is 1. The molecule has 0 saturated heterocycles. The normalized spacial score (nSPS) is 25.1. The molecule has 0 heterocycles. The molecule has 1 fully saturated rings. The van der Waals surface area contributed by atoms with E-state index in [1.807, 2.05) is 27.7 Å². The molecular weight excluding hydrogens is 352 g/mol. The summed E-state index contributed by atoms with van der Waals surface area (Å²) < 4.78 is 10.7. The number of carbonyl (C=O) groups excluding carboxylic acids is 2. The number of hydrogen-bond donors (Lipinski definition) is 0. The third-order valence-corrected chi connectivity index (χ3v) is 5.69. The second-order valence-corrected chi connectivity index (χ2v) is 9.25. The zero-order valence-electron chi connectivity index (χ0n) is 18.1. The van der Waals surface area contributed by atoms with Crippen LogP contribution in [-0.2, 0) is 19.1 Å². The summed E-state index contributed by atoms with van der Waals surface area (Å²) in [6.45, 7) is 13.8. The molecule has 0 spiro atoms. The van der Waals surface area contributed by atoms with Gasteiger partial charge in [0.2, 0.25) is 0 Å². The van der Waals surface area contributed by atoms with Crippen molar-refractivity contribution in [2.24, 2.45) is 11.3 Å². The molecule has 0 bridgehead atoms. The number of hydrogen-bond acceptors (Lipinski definition) is 4. The second-order valence-electron chi connectivity index (χ2n) is 9.25. The van der Waals surface area contributed by atoms with Crippen LogP contribution >= 0.6 is 0 Å². The lowest BCUT2D eigenvalue weighted by Gasteiger charge is -2.43. The van der Waals surface area contributed by atoms with Gasteiger partial charge in [0.1, 0.15) is 5.60 Å². The first-order valence-electron chi connectivity index (χ1n) is 10.00. The molecule has 154 valence electrons. The van der Waals surface area contributed by atoms with Crippen molar-refractivity contribution in [1.82, 2.24) is 0 Å². The van der Waals surface area contributed by atoms with Gasteiger partial charge in [-0.15, -0.1) is 0 Å². The van der Waals surface area contributed by atoms with E-state index in [1.165, 1.54) is 18.2 Å². The minimum absolute atomic E-state index is 0.0439. The lowest BCUT2D eigenvalue weighted by molar-refractivity contribution is -0.169. The molecule has 1 aliphatic carbocycles. The maximum atomic E-state index is 12.8. The largest absolute Gasteiger partial charge is 0.469 e. The Labute approximate surface area is 169 Å². The summed E-state index contributed by atoms with van der Waals surface area (Å²) >= 11 is 0. The van der Waals surface area contributed by atoms with Gasteiger partial charge in [0.25, 0.3) is 0 Å². The molecule has 1 saturated carbocycles. The monoisotopic (exact) mass is 386 g/mol. The predicted octanol–water partition coefficient (Wildman–Crippen LogP) is 5.35. The molecule has 0 amide bonds. The van der Waals surface area contributed by atoms with E-state index >= 15 is 0 Å². The molecule has 0 N–H and O–H groups in total. The van der Waals surface area contributed by atoms with E-state index in [2.05, 4.69) is 37.8 Å². The smallest absolute Gasteiger partial charge is 0.312 e. The average Bonchev–Trinajstić information content (AvgIpc) is 2.59. The summed E-state index contributed by atoms with van der Waals surface area (Å²) in [5.41, 5.74) is 2.04. The fourth-order valence-corrected chi connectivity index (χ4v) is 4.34. The Morgan fingerprint density at radius 1 is 1.21 bits per heavy atom. The van der Waals surface area contributed by atoms with Gasteiger partial charge in [0, 0.05) is 0 Å². The molecule has 1 aromatic rings. The van der Waals surface area contributed by atoms with Crippen LogP contribution in [0.4, 0.5) is 0 Å². The van der Waals surface area contributed by atoms with Crippen LogP contribution in [0.1, 0.15) is 70.4 Å². The van der Waals surface area contributed by atoms with E-state index < -0.39 is 11.0 Å². The van der Waals surface area contributed by atoms with Gasteiger partial charge in [0.15, 0.2) is 0 Å². The first-order valence-corrected chi connectivity index (χ1v) is 10.00. The van der Waals surface area contributed by atoms with Crippen LogP contribution < -0.4 is 0 Å². The molecular formula is C24H34O4. The number of allylic oxidation sites excluding steroid dienone is 1. The van der Waals surface area contributed by atoms with E-state index in [9.17, 15) is 9.59 Å². The molecule has 0 aliphatic heterocycles. The highest BCUT2D eigenvalue weighted by atomic mass is 16.6. The summed E-state index contributed by atoms with van der Waals surface area (Å²) in [4.78, 5) is 25.5. The molecule has 4 nitrogen and oxygen atoms in total. The number of ether oxygens (including phenoxy) is 2. The molecule has 1 aromatic carbocycles. The van der Waals surface area contributed by atoms with Crippen molar-refractivity contribution < 1.29 is 19.1 Å². The van der Waals surface area contributed by atoms with Crippen LogP contribution in [0.2, 0.25) is 0 Å². The summed E-state index contributed by atoms with van der Waals surface area (Å²) in [5.74, 6) is -0.280. The molecule has 0 radical (unpaired) electrons. The minimum Gasteiger partial charge on any atom is -0.469 e. The molecule has 3 atom stereocenters. The summed E-state index contributed by atoms with van der Waals surface area (Å²) in [5, 5.41) is 0. The van der Waals surface area contributed by atoms with E-state index in [0.717, 1.165) is 12.0 Å². The molecule has 1 aliphatic rings. The van der Waals surface area contributed by atoms with Gasteiger partial charge in [-0.25, -0.2) is 0 Å². The number of aryl methyl sites for hydroxylation is 1. The molecule has 28 heavy (non-hydrogen) atoms. The molecule has 0 aromatic heterocycles. The third kappa shape index (κ3) is 5.24. The van der Waals surface area contributed by atoms with Crippen molar-refractivity contribution in [3.63, 3.8) is 0 Å². The number of carbonyl (C=O) groups is 2. The first-order chi connectivity index (χ1) is 13.0. The highest BCUT2D eigenvalue weighted by Crippen LogP contribution is 2.51. The van der Waals surface area contributed by atoms with Gasteiger partial charge in [-0.1, -0.05) is 42.0 Å². The minimum atomic E-state index is -0.863. The Bertz CT molecular complexity index is 726. The van der Waals surface area contributed by atoms with E-state index in [0.29, 0.717) is 12.8 Å². The Kier molecular flexibility index (Phi) is 6.74. The third-order valence-electron chi connectivity index (χ3n) is 5.69. The van der Waals surface area contributed by atoms with Gasteiger partial charge in [0.05, 0.1) is 18.9 Å². The van der Waals surface area contributed by atoms with Crippen LogP contribution in [0.3, 0.4) is 0 Å². The van der Waals surface area contributed by atoms with Crippen molar-refractivity contribution in [2.75, 3.05) is 7.11 Å². The van der Waals surface area contributed by atoms with E-state index in [4.69, 9.17) is 9.47 Å². The Morgan fingerprint density at radius 2 is 1.82 bits per heavy atom. The SMILES string of the molecule is C=C(C)[C@@H]1CC[C@](CC(=O)OC(C)(C)C)(C(=O)OC)C[C@H]1c1ccc(C)cc1. The topological polar surface area (TPSA) is 52.6 Å².